The lowest BCUT2D eigenvalue weighted by molar-refractivity contribution is 0.0694. The molecule has 1 aromatic carbocycles. The molecular weight excluding hydrogens is 393 g/mol. The van der Waals surface area contributed by atoms with Gasteiger partial charge in [0.25, 0.3) is 0 Å². The molecule has 2 rings (SSSR count). The molecule has 1 heterocycles. The Morgan fingerprint density at radius 2 is 2.05 bits per heavy atom. The van der Waals surface area contributed by atoms with Gasteiger partial charge >= 0.3 is 5.97 Å². The van der Waals surface area contributed by atoms with Crippen LogP contribution in [0.3, 0.4) is 0 Å². The number of nitriles is 1. The van der Waals surface area contributed by atoms with Gasteiger partial charge in [-0.15, -0.1) is 0 Å². The van der Waals surface area contributed by atoms with Gasteiger partial charge in [0.2, 0.25) is 0 Å². The fraction of sp³-hybridized carbons (Fsp3) is 0.0714. The summed E-state index contributed by atoms with van der Waals surface area (Å²) in [5.74, 6) is -2.91. The zero-order valence-corrected chi connectivity index (χ0v) is 12.6. The smallest absolute Gasteiger partial charge is 0.337 e. The fourth-order valence-corrected chi connectivity index (χ4v) is 2.22. The van der Waals surface area contributed by atoms with Crippen LogP contribution in [0.15, 0.2) is 24.3 Å². The lowest BCUT2D eigenvalue weighted by Gasteiger charge is -2.08. The highest BCUT2D eigenvalue weighted by molar-refractivity contribution is 14.1. The van der Waals surface area contributed by atoms with Crippen LogP contribution < -0.4 is 0 Å². The first kappa shape index (κ1) is 15.3. The first-order valence-corrected chi connectivity index (χ1v) is 6.77. The van der Waals surface area contributed by atoms with E-state index < -0.39 is 23.3 Å². The highest BCUT2D eigenvalue weighted by Gasteiger charge is 2.18. The first-order chi connectivity index (χ1) is 9.92. The predicted molar refractivity (Wildman–Crippen MR) is 77.8 cm³/mol. The maximum Gasteiger partial charge on any atom is 0.337 e. The van der Waals surface area contributed by atoms with Crippen LogP contribution in [0.25, 0.3) is 0 Å². The van der Waals surface area contributed by atoms with Crippen LogP contribution in [0, 0.1) is 26.5 Å². The number of hydrogen-bond acceptors (Lipinski definition) is 3. The van der Waals surface area contributed by atoms with E-state index in [4.69, 9.17) is 10.4 Å². The largest absolute Gasteiger partial charge is 0.478 e. The van der Waals surface area contributed by atoms with Gasteiger partial charge < -0.3 is 5.11 Å². The van der Waals surface area contributed by atoms with Crippen LogP contribution in [0.2, 0.25) is 0 Å². The molecule has 0 fully saturated rings. The Labute approximate surface area is 132 Å². The van der Waals surface area contributed by atoms with Crippen LogP contribution in [0.5, 0.6) is 0 Å². The average Bonchev–Trinajstić information content (AvgIpc) is 2.42. The lowest BCUT2D eigenvalue weighted by atomic mass is 10.0. The minimum atomic E-state index is -1.38. The number of aromatic carboxylic acids is 1. The molecule has 0 aliphatic carbocycles. The third kappa shape index (κ3) is 3.33. The molecule has 0 radical (unpaired) electrons. The van der Waals surface area contributed by atoms with Gasteiger partial charge in [-0.05, 0) is 46.4 Å². The number of rotatable bonds is 3. The Kier molecular flexibility index (Phi) is 4.47. The normalized spacial score (nSPS) is 10.2. The van der Waals surface area contributed by atoms with Gasteiger partial charge in [-0.1, -0.05) is 6.07 Å². The Morgan fingerprint density at radius 1 is 1.33 bits per heavy atom. The van der Waals surface area contributed by atoms with E-state index >= 15 is 0 Å². The third-order valence-electron chi connectivity index (χ3n) is 2.76. The zero-order valence-electron chi connectivity index (χ0n) is 10.4. The standard InChI is InChI=1S/C14H7F2IN2O2/c15-10-4-8(17)2-1-7(10)3-12-9(14(20)21)5-11(16)13(6-18)19-12/h1-2,4-5H,3H2,(H,20,21). The molecule has 0 atom stereocenters. The molecular formula is C14H7F2IN2O2. The van der Waals surface area contributed by atoms with Crippen molar-refractivity contribution in [1.29, 1.82) is 5.26 Å². The molecule has 1 N–H and O–H groups in total. The number of pyridine rings is 1. The monoisotopic (exact) mass is 400 g/mol. The van der Waals surface area contributed by atoms with Crippen molar-refractivity contribution in [2.45, 2.75) is 6.42 Å². The molecule has 0 unspecified atom stereocenters. The maximum atomic E-state index is 13.8. The van der Waals surface area contributed by atoms with Crippen molar-refractivity contribution in [2.75, 3.05) is 0 Å². The second-order valence-corrected chi connectivity index (χ2v) is 5.39. The van der Waals surface area contributed by atoms with Gasteiger partial charge in [0.1, 0.15) is 11.9 Å². The summed E-state index contributed by atoms with van der Waals surface area (Å²) >= 11 is 1.94. The summed E-state index contributed by atoms with van der Waals surface area (Å²) in [7, 11) is 0. The minimum Gasteiger partial charge on any atom is -0.478 e. The van der Waals surface area contributed by atoms with Crippen molar-refractivity contribution in [3.63, 3.8) is 0 Å². The van der Waals surface area contributed by atoms with E-state index in [-0.39, 0.29) is 23.2 Å². The van der Waals surface area contributed by atoms with E-state index in [0.717, 1.165) is 6.07 Å². The minimum absolute atomic E-state index is 0.0550. The molecule has 0 aliphatic heterocycles. The summed E-state index contributed by atoms with van der Waals surface area (Å²) in [6.45, 7) is 0. The topological polar surface area (TPSA) is 74.0 Å². The first-order valence-electron chi connectivity index (χ1n) is 5.69. The lowest BCUT2D eigenvalue weighted by Crippen LogP contribution is -2.09. The molecule has 2 aromatic rings. The summed E-state index contributed by atoms with van der Waals surface area (Å²) in [5, 5.41) is 17.8. The Morgan fingerprint density at radius 3 is 2.62 bits per heavy atom. The molecule has 106 valence electrons. The van der Waals surface area contributed by atoms with Crippen molar-refractivity contribution in [1.82, 2.24) is 4.98 Å². The fourth-order valence-electron chi connectivity index (χ4n) is 1.77. The number of nitrogens with zero attached hydrogens (tertiary/aromatic N) is 2. The highest BCUT2D eigenvalue weighted by Crippen LogP contribution is 2.19. The van der Waals surface area contributed by atoms with Crippen molar-refractivity contribution in [3.05, 3.63) is 62.0 Å². The van der Waals surface area contributed by atoms with Crippen LogP contribution in [0.4, 0.5) is 8.78 Å². The Bertz CT molecular complexity index is 772. The van der Waals surface area contributed by atoms with Gasteiger partial charge in [-0.2, -0.15) is 5.26 Å². The SMILES string of the molecule is N#Cc1nc(Cc2ccc(I)cc2F)c(C(=O)O)cc1F. The van der Waals surface area contributed by atoms with Crippen LogP contribution in [-0.4, -0.2) is 16.1 Å². The summed E-state index contributed by atoms with van der Waals surface area (Å²) in [4.78, 5) is 14.8. The van der Waals surface area contributed by atoms with Crippen molar-refractivity contribution in [2.24, 2.45) is 0 Å². The highest BCUT2D eigenvalue weighted by atomic mass is 127. The van der Waals surface area contributed by atoms with Crippen molar-refractivity contribution in [3.8, 4) is 6.07 Å². The number of carbonyl (C=O) groups is 1. The van der Waals surface area contributed by atoms with E-state index in [2.05, 4.69) is 4.98 Å². The number of aromatic nitrogens is 1. The summed E-state index contributed by atoms with van der Waals surface area (Å²) < 4.78 is 27.9. The van der Waals surface area contributed by atoms with E-state index in [1.807, 2.05) is 22.6 Å². The quantitative estimate of drug-likeness (QED) is 0.804. The number of carboxylic acids is 1. The van der Waals surface area contributed by atoms with Crippen LogP contribution >= 0.6 is 22.6 Å². The summed E-state index contributed by atoms with van der Waals surface area (Å²) in [6, 6.07) is 6.72. The van der Waals surface area contributed by atoms with Crippen molar-refractivity contribution < 1.29 is 18.7 Å². The second kappa shape index (κ2) is 6.13. The molecule has 4 nitrogen and oxygen atoms in total. The third-order valence-corrected chi connectivity index (χ3v) is 3.44. The zero-order chi connectivity index (χ0) is 15.6. The van der Waals surface area contributed by atoms with Crippen LogP contribution in [0.1, 0.15) is 27.3 Å². The van der Waals surface area contributed by atoms with Crippen molar-refractivity contribution >= 4 is 28.6 Å². The number of benzene rings is 1. The summed E-state index contributed by atoms with van der Waals surface area (Å²) in [5.41, 5.74) is -0.730. The Balaban J connectivity index is 2.52. The summed E-state index contributed by atoms with van der Waals surface area (Å²) in [6.07, 6.45) is -0.140. The molecule has 1 aromatic heterocycles. The molecule has 0 saturated heterocycles. The number of carboxylic acid groups (broad SMARTS) is 1. The molecule has 7 heteroatoms. The Hall–Kier alpha value is -2.08. The predicted octanol–water partition coefficient (Wildman–Crippen LogP) is 3.13. The van der Waals surface area contributed by atoms with Gasteiger partial charge in [-0.25, -0.2) is 18.6 Å². The van der Waals surface area contributed by atoms with Gasteiger partial charge in [-0.3, -0.25) is 0 Å². The molecule has 0 bridgehead atoms. The van der Waals surface area contributed by atoms with E-state index in [1.165, 1.54) is 18.2 Å². The molecule has 0 aliphatic rings. The molecule has 21 heavy (non-hydrogen) atoms. The van der Waals surface area contributed by atoms with E-state index in [1.54, 1.807) is 6.07 Å². The number of hydrogen-bond donors (Lipinski definition) is 1. The van der Waals surface area contributed by atoms with Crippen LogP contribution in [-0.2, 0) is 6.42 Å². The molecule has 0 saturated carbocycles. The molecule has 0 amide bonds. The maximum absolute atomic E-state index is 13.8. The van der Waals surface area contributed by atoms with E-state index in [0.29, 0.717) is 3.57 Å². The average molecular weight is 400 g/mol. The van der Waals surface area contributed by atoms with Gasteiger partial charge in [0, 0.05) is 9.99 Å². The van der Waals surface area contributed by atoms with Gasteiger partial charge in [0.15, 0.2) is 11.5 Å². The van der Waals surface area contributed by atoms with E-state index in [9.17, 15) is 13.6 Å². The molecule has 0 spiro atoms. The number of halogens is 3. The van der Waals surface area contributed by atoms with Gasteiger partial charge in [0.05, 0.1) is 11.3 Å². The second-order valence-electron chi connectivity index (χ2n) is 4.14.